The molecule has 2 aromatic heterocycles. The Morgan fingerprint density at radius 2 is 1.97 bits per heavy atom. The molecule has 1 aromatic carbocycles. The number of piperidine rings is 1. The number of methoxy groups -OCH3 is 1. The Labute approximate surface area is 188 Å². The summed E-state index contributed by atoms with van der Waals surface area (Å²) in [5.74, 6) is 0.968. The maximum atomic E-state index is 12.6. The van der Waals surface area contributed by atoms with E-state index in [1.165, 1.54) is 5.56 Å². The zero-order valence-electron chi connectivity index (χ0n) is 18.7. The maximum Gasteiger partial charge on any atom is 0.274 e. The van der Waals surface area contributed by atoms with Crippen LogP contribution in [0.25, 0.3) is 5.65 Å². The van der Waals surface area contributed by atoms with Gasteiger partial charge in [-0.15, -0.1) is 0 Å². The van der Waals surface area contributed by atoms with E-state index >= 15 is 0 Å². The third-order valence-corrected chi connectivity index (χ3v) is 6.30. The number of hydrogen-bond acceptors (Lipinski definition) is 6. The van der Waals surface area contributed by atoms with Gasteiger partial charge in [0.05, 0.1) is 19.8 Å². The van der Waals surface area contributed by atoms with E-state index in [4.69, 9.17) is 4.74 Å². The molecule has 0 spiro atoms. The summed E-state index contributed by atoms with van der Waals surface area (Å²) in [5, 5.41) is 12.2. The second-order valence-corrected chi connectivity index (χ2v) is 8.32. The first-order valence-corrected chi connectivity index (χ1v) is 11.2. The van der Waals surface area contributed by atoms with Gasteiger partial charge in [0.2, 0.25) is 0 Å². The van der Waals surface area contributed by atoms with E-state index in [2.05, 4.69) is 32.3 Å². The lowest BCUT2D eigenvalue weighted by Crippen LogP contribution is -2.37. The molecule has 0 bridgehead atoms. The van der Waals surface area contributed by atoms with Gasteiger partial charge in [-0.25, -0.2) is 9.97 Å². The number of carbonyl (C=O) groups excluding carboxylic acids is 1. The molecule has 3 heterocycles. The van der Waals surface area contributed by atoms with E-state index < -0.39 is 0 Å². The fourth-order valence-electron chi connectivity index (χ4n) is 4.32. The largest absolute Gasteiger partial charge is 0.497 e. The summed E-state index contributed by atoms with van der Waals surface area (Å²) in [6.07, 6.45) is 6.18. The van der Waals surface area contributed by atoms with Gasteiger partial charge in [-0.3, -0.25) is 14.1 Å². The molecular weight excluding hydrogens is 406 g/mol. The van der Waals surface area contributed by atoms with Crippen LogP contribution in [0.5, 0.6) is 5.75 Å². The predicted octanol–water partition coefficient (Wildman–Crippen LogP) is 2.62. The average molecular weight is 438 g/mol. The number of aliphatic hydroxyl groups is 1. The first kappa shape index (κ1) is 22.2. The molecule has 1 amide bonds. The normalized spacial score (nSPS) is 16.2. The third kappa shape index (κ3) is 4.76. The van der Waals surface area contributed by atoms with Crippen molar-refractivity contribution in [3.8, 4) is 5.75 Å². The van der Waals surface area contributed by atoms with E-state index in [1.54, 1.807) is 19.6 Å². The Morgan fingerprint density at radius 3 is 2.62 bits per heavy atom. The van der Waals surface area contributed by atoms with Crippen LogP contribution in [0.1, 0.15) is 53.8 Å². The molecule has 0 saturated carbocycles. The van der Waals surface area contributed by atoms with Gasteiger partial charge in [0.15, 0.2) is 11.3 Å². The number of ether oxygens (including phenoxy) is 1. The highest BCUT2D eigenvalue weighted by Crippen LogP contribution is 2.29. The summed E-state index contributed by atoms with van der Waals surface area (Å²) in [5.41, 5.74) is 3.29. The van der Waals surface area contributed by atoms with Crippen LogP contribution in [0, 0.1) is 0 Å². The molecule has 8 heteroatoms. The number of benzene rings is 1. The number of aliphatic hydroxyl groups excluding tert-OH is 1. The highest BCUT2D eigenvalue weighted by Gasteiger charge is 2.25. The van der Waals surface area contributed by atoms with E-state index in [-0.39, 0.29) is 18.6 Å². The fraction of sp³-hybridized carbons (Fsp3) is 0.458. The van der Waals surface area contributed by atoms with Crippen molar-refractivity contribution in [2.24, 2.45) is 0 Å². The van der Waals surface area contributed by atoms with Crippen molar-refractivity contribution >= 4 is 11.6 Å². The number of amides is 1. The molecule has 1 saturated heterocycles. The lowest BCUT2D eigenvalue weighted by molar-refractivity contribution is 0.0912. The molecule has 170 valence electrons. The van der Waals surface area contributed by atoms with Gasteiger partial charge in [0.25, 0.3) is 5.91 Å². The minimum Gasteiger partial charge on any atom is -0.497 e. The minimum atomic E-state index is -0.299. The van der Waals surface area contributed by atoms with Gasteiger partial charge in [-0.2, -0.15) is 0 Å². The molecule has 1 unspecified atom stereocenters. The highest BCUT2D eigenvalue weighted by molar-refractivity contribution is 5.98. The third-order valence-electron chi connectivity index (χ3n) is 6.30. The molecule has 1 aliphatic rings. The molecule has 0 aliphatic carbocycles. The molecule has 2 N–H and O–H groups in total. The van der Waals surface area contributed by atoms with E-state index in [0.29, 0.717) is 23.7 Å². The number of nitrogens with zero attached hydrogens (tertiary/aromatic N) is 4. The molecule has 1 atom stereocenters. The van der Waals surface area contributed by atoms with Crippen molar-refractivity contribution in [2.75, 3.05) is 26.8 Å². The van der Waals surface area contributed by atoms with Gasteiger partial charge in [0.1, 0.15) is 12.1 Å². The molecule has 0 radical (unpaired) electrons. The van der Waals surface area contributed by atoms with Crippen LogP contribution in [0.3, 0.4) is 0 Å². The van der Waals surface area contributed by atoms with Crippen molar-refractivity contribution in [3.05, 3.63) is 59.8 Å². The van der Waals surface area contributed by atoms with E-state index in [9.17, 15) is 9.90 Å². The second kappa shape index (κ2) is 10.1. The molecule has 4 rings (SSSR count). The number of likely N-dealkylation sites (tertiary alicyclic amines) is 1. The van der Waals surface area contributed by atoms with Crippen LogP contribution < -0.4 is 10.1 Å². The van der Waals surface area contributed by atoms with Gasteiger partial charge in [0, 0.05) is 24.4 Å². The Hall–Kier alpha value is -2.97. The fourth-order valence-corrected chi connectivity index (χ4v) is 4.32. The van der Waals surface area contributed by atoms with Crippen LogP contribution in [0.4, 0.5) is 0 Å². The van der Waals surface area contributed by atoms with Gasteiger partial charge in [-0.05, 0) is 56.1 Å². The molecule has 3 aromatic rings. The number of hydrogen-bond donors (Lipinski definition) is 2. The second-order valence-electron chi connectivity index (χ2n) is 8.32. The molecule has 1 fully saturated rings. The monoisotopic (exact) mass is 437 g/mol. The Bertz CT molecular complexity index is 1040. The summed E-state index contributed by atoms with van der Waals surface area (Å²) in [6, 6.07) is 10.0. The van der Waals surface area contributed by atoms with E-state index in [0.717, 1.165) is 43.9 Å². The first-order chi connectivity index (χ1) is 15.6. The Balaban J connectivity index is 1.43. The van der Waals surface area contributed by atoms with Crippen molar-refractivity contribution in [2.45, 2.75) is 44.7 Å². The lowest BCUT2D eigenvalue weighted by atomic mass is 9.93. The van der Waals surface area contributed by atoms with Crippen molar-refractivity contribution in [1.82, 2.24) is 24.6 Å². The standard InChI is InChI=1S/C24H31N5O3/c1-3-19(15-30)27-24(31)22-23-25-11-8-21(29(23)16-26-22)18-9-12-28(13-10-18)14-17-4-6-20(32-2)7-5-17/h4-8,11,16,18-19,30H,3,9-10,12-15H2,1-2H3,(H,27,31). The number of imidazole rings is 1. The topological polar surface area (TPSA) is 92.0 Å². The van der Waals surface area contributed by atoms with Crippen LogP contribution in [0.15, 0.2) is 42.9 Å². The zero-order chi connectivity index (χ0) is 22.5. The van der Waals surface area contributed by atoms with Gasteiger partial charge < -0.3 is 15.2 Å². The summed E-state index contributed by atoms with van der Waals surface area (Å²) < 4.78 is 7.18. The summed E-state index contributed by atoms with van der Waals surface area (Å²) in [6.45, 7) is 4.78. The summed E-state index contributed by atoms with van der Waals surface area (Å²) >= 11 is 0. The van der Waals surface area contributed by atoms with Crippen LogP contribution in [-0.4, -0.2) is 63.1 Å². The van der Waals surface area contributed by atoms with Crippen LogP contribution >= 0.6 is 0 Å². The van der Waals surface area contributed by atoms with Crippen LogP contribution in [-0.2, 0) is 6.54 Å². The predicted molar refractivity (Wildman–Crippen MR) is 122 cm³/mol. The summed E-state index contributed by atoms with van der Waals surface area (Å²) in [7, 11) is 1.68. The van der Waals surface area contributed by atoms with Crippen molar-refractivity contribution < 1.29 is 14.6 Å². The van der Waals surface area contributed by atoms with Gasteiger partial charge in [-0.1, -0.05) is 19.1 Å². The SMILES string of the molecule is CCC(CO)NC(=O)c1ncn2c(C3CCN(Cc4ccc(OC)cc4)CC3)ccnc12. The van der Waals surface area contributed by atoms with E-state index in [1.807, 2.05) is 29.5 Å². The van der Waals surface area contributed by atoms with Crippen molar-refractivity contribution in [3.63, 3.8) is 0 Å². The number of rotatable bonds is 8. The van der Waals surface area contributed by atoms with Gasteiger partial charge >= 0.3 is 0 Å². The number of aromatic nitrogens is 3. The smallest absolute Gasteiger partial charge is 0.274 e. The Morgan fingerprint density at radius 1 is 1.22 bits per heavy atom. The summed E-state index contributed by atoms with van der Waals surface area (Å²) in [4.78, 5) is 23.9. The Kier molecular flexibility index (Phi) is 7.02. The molecular formula is C24H31N5O3. The first-order valence-electron chi connectivity index (χ1n) is 11.2. The molecule has 1 aliphatic heterocycles. The minimum absolute atomic E-state index is 0.0954. The average Bonchev–Trinajstić information content (AvgIpc) is 3.28. The number of carbonyl (C=O) groups is 1. The highest BCUT2D eigenvalue weighted by atomic mass is 16.5. The lowest BCUT2D eigenvalue weighted by Gasteiger charge is -2.32. The zero-order valence-corrected chi connectivity index (χ0v) is 18.7. The van der Waals surface area contributed by atoms with Crippen LogP contribution in [0.2, 0.25) is 0 Å². The quantitative estimate of drug-likeness (QED) is 0.563. The van der Waals surface area contributed by atoms with Crippen molar-refractivity contribution in [1.29, 1.82) is 0 Å². The maximum absolute atomic E-state index is 12.6. The molecule has 8 nitrogen and oxygen atoms in total. The molecule has 32 heavy (non-hydrogen) atoms. The number of fused-ring (bicyclic) bond motifs is 1. The number of nitrogens with one attached hydrogen (secondary N) is 1.